The average molecular weight is 371 g/mol. The molecule has 0 saturated carbocycles. The molecule has 5 nitrogen and oxygen atoms in total. The van der Waals surface area contributed by atoms with Crippen LogP contribution in [0.5, 0.6) is 5.88 Å². The molecule has 1 aromatic rings. The summed E-state index contributed by atoms with van der Waals surface area (Å²) in [7, 11) is 0. The van der Waals surface area contributed by atoms with Gasteiger partial charge in [-0.3, -0.25) is 0 Å². The molecule has 1 aromatic heterocycles. The van der Waals surface area contributed by atoms with Crippen molar-refractivity contribution in [1.29, 1.82) is 0 Å². The Morgan fingerprint density at radius 3 is 2.95 bits per heavy atom. The zero-order chi connectivity index (χ0) is 16.2. The minimum absolute atomic E-state index is 0.240. The van der Waals surface area contributed by atoms with Gasteiger partial charge in [0.15, 0.2) is 0 Å². The van der Waals surface area contributed by atoms with E-state index in [1.54, 1.807) is 11.1 Å². The van der Waals surface area contributed by atoms with Crippen LogP contribution in [0.2, 0.25) is 0 Å². The summed E-state index contributed by atoms with van der Waals surface area (Å²) in [5, 5.41) is 0. The standard InChI is InChI=1S/C16H23BrN2O3/c1-16(2,3)22-15(20)19-9-5-6-12(10-19)11-21-14-13(17)7-4-8-18-14/h4,7-8,12H,5-6,9-11H2,1-3H3/t12-/m1/s1. The maximum absolute atomic E-state index is 12.1. The molecule has 0 aliphatic carbocycles. The molecule has 2 heterocycles. The molecule has 0 spiro atoms. The van der Waals surface area contributed by atoms with Crippen LogP contribution in [0.4, 0.5) is 4.79 Å². The second kappa shape index (κ2) is 7.31. The van der Waals surface area contributed by atoms with Crippen LogP contribution in [0.1, 0.15) is 33.6 Å². The number of rotatable bonds is 3. The molecule has 1 aliphatic heterocycles. The fourth-order valence-electron chi connectivity index (χ4n) is 2.37. The summed E-state index contributed by atoms with van der Waals surface area (Å²) in [5.41, 5.74) is -0.459. The van der Waals surface area contributed by atoms with Crippen LogP contribution in [-0.2, 0) is 4.74 Å². The van der Waals surface area contributed by atoms with Crippen LogP contribution in [-0.4, -0.2) is 41.3 Å². The van der Waals surface area contributed by atoms with Crippen molar-refractivity contribution in [2.45, 2.75) is 39.2 Å². The van der Waals surface area contributed by atoms with Gasteiger partial charge in [-0.15, -0.1) is 0 Å². The molecule has 1 aliphatic rings. The Morgan fingerprint density at radius 2 is 2.27 bits per heavy atom. The molecule has 0 radical (unpaired) electrons. The van der Waals surface area contributed by atoms with Gasteiger partial charge in [-0.1, -0.05) is 0 Å². The third-order valence-electron chi connectivity index (χ3n) is 3.35. The minimum atomic E-state index is -0.459. The number of pyridine rings is 1. The van der Waals surface area contributed by atoms with E-state index in [0.717, 1.165) is 23.9 Å². The van der Waals surface area contributed by atoms with Crippen LogP contribution in [0, 0.1) is 5.92 Å². The van der Waals surface area contributed by atoms with Crippen LogP contribution >= 0.6 is 15.9 Å². The molecule has 1 amide bonds. The van der Waals surface area contributed by atoms with Crippen molar-refractivity contribution in [3.05, 3.63) is 22.8 Å². The second-order valence-electron chi connectivity index (χ2n) is 6.54. The highest BCUT2D eigenvalue weighted by Crippen LogP contribution is 2.24. The molecule has 2 rings (SSSR count). The van der Waals surface area contributed by atoms with Crippen LogP contribution in [0.15, 0.2) is 22.8 Å². The summed E-state index contributed by atoms with van der Waals surface area (Å²) in [6.07, 6.45) is 3.48. The number of nitrogens with zero attached hydrogens (tertiary/aromatic N) is 2. The van der Waals surface area contributed by atoms with Gasteiger partial charge in [0.25, 0.3) is 0 Å². The van der Waals surface area contributed by atoms with E-state index in [-0.39, 0.29) is 6.09 Å². The van der Waals surface area contributed by atoms with E-state index in [4.69, 9.17) is 9.47 Å². The van der Waals surface area contributed by atoms with Gasteiger partial charge in [0.2, 0.25) is 5.88 Å². The second-order valence-corrected chi connectivity index (χ2v) is 7.39. The molecule has 122 valence electrons. The fraction of sp³-hybridized carbons (Fsp3) is 0.625. The maximum Gasteiger partial charge on any atom is 0.410 e. The number of amides is 1. The Kier molecular flexibility index (Phi) is 5.67. The Hall–Kier alpha value is -1.30. The number of carbonyl (C=O) groups is 1. The molecule has 0 N–H and O–H groups in total. The number of ether oxygens (including phenoxy) is 2. The first-order valence-corrected chi connectivity index (χ1v) is 8.36. The van der Waals surface area contributed by atoms with Gasteiger partial charge in [0, 0.05) is 25.2 Å². The SMILES string of the molecule is CC(C)(C)OC(=O)N1CCC[C@@H](COc2ncccc2Br)C1. The fourth-order valence-corrected chi connectivity index (χ4v) is 2.74. The number of carbonyl (C=O) groups excluding carboxylic acids is 1. The first-order valence-electron chi connectivity index (χ1n) is 7.56. The van der Waals surface area contributed by atoms with E-state index in [2.05, 4.69) is 20.9 Å². The lowest BCUT2D eigenvalue weighted by Gasteiger charge is -2.33. The van der Waals surface area contributed by atoms with Gasteiger partial charge in [-0.05, 0) is 61.7 Å². The molecule has 1 fully saturated rings. The number of hydrogen-bond acceptors (Lipinski definition) is 4. The van der Waals surface area contributed by atoms with E-state index < -0.39 is 5.60 Å². The Morgan fingerprint density at radius 1 is 1.50 bits per heavy atom. The molecule has 22 heavy (non-hydrogen) atoms. The predicted octanol–water partition coefficient (Wildman–Crippen LogP) is 3.87. The van der Waals surface area contributed by atoms with Crippen LogP contribution in [0.25, 0.3) is 0 Å². The molecular weight excluding hydrogens is 348 g/mol. The van der Waals surface area contributed by atoms with Gasteiger partial charge in [-0.2, -0.15) is 0 Å². The van der Waals surface area contributed by atoms with Gasteiger partial charge in [0.1, 0.15) is 5.60 Å². The lowest BCUT2D eigenvalue weighted by Crippen LogP contribution is -2.44. The van der Waals surface area contributed by atoms with Gasteiger partial charge in [0.05, 0.1) is 11.1 Å². The Bertz CT molecular complexity index is 516. The summed E-state index contributed by atoms with van der Waals surface area (Å²) < 4.78 is 12.0. The van der Waals surface area contributed by atoms with E-state index in [1.807, 2.05) is 32.9 Å². The number of piperidine rings is 1. The third kappa shape index (κ3) is 5.16. The molecule has 0 bridgehead atoms. The highest BCUT2D eigenvalue weighted by Gasteiger charge is 2.28. The summed E-state index contributed by atoms with van der Waals surface area (Å²) in [4.78, 5) is 18.1. The number of likely N-dealkylation sites (tertiary alicyclic amines) is 1. The molecule has 1 saturated heterocycles. The Balaban J connectivity index is 1.86. The van der Waals surface area contributed by atoms with Crippen molar-refractivity contribution in [3.63, 3.8) is 0 Å². The molecular formula is C16H23BrN2O3. The zero-order valence-corrected chi connectivity index (χ0v) is 14.9. The summed E-state index contributed by atoms with van der Waals surface area (Å²) in [6, 6.07) is 3.75. The van der Waals surface area contributed by atoms with Crippen molar-refractivity contribution in [2.75, 3.05) is 19.7 Å². The van der Waals surface area contributed by atoms with Gasteiger partial charge < -0.3 is 14.4 Å². The van der Waals surface area contributed by atoms with E-state index >= 15 is 0 Å². The van der Waals surface area contributed by atoms with Crippen LogP contribution < -0.4 is 4.74 Å². The Labute approximate surface area is 140 Å². The van der Waals surface area contributed by atoms with E-state index in [1.165, 1.54) is 0 Å². The van der Waals surface area contributed by atoms with Crippen molar-refractivity contribution < 1.29 is 14.3 Å². The zero-order valence-electron chi connectivity index (χ0n) is 13.3. The topological polar surface area (TPSA) is 51.7 Å². The van der Waals surface area contributed by atoms with Crippen molar-refractivity contribution in [2.24, 2.45) is 5.92 Å². The average Bonchev–Trinajstić information content (AvgIpc) is 2.45. The quantitative estimate of drug-likeness (QED) is 0.810. The number of halogens is 1. The molecule has 1 atom stereocenters. The number of hydrogen-bond donors (Lipinski definition) is 0. The molecule has 0 aromatic carbocycles. The lowest BCUT2D eigenvalue weighted by atomic mass is 9.99. The van der Waals surface area contributed by atoms with E-state index in [0.29, 0.717) is 24.9 Å². The van der Waals surface area contributed by atoms with Gasteiger partial charge in [-0.25, -0.2) is 9.78 Å². The number of aromatic nitrogens is 1. The third-order valence-corrected chi connectivity index (χ3v) is 3.95. The predicted molar refractivity (Wildman–Crippen MR) is 88.0 cm³/mol. The normalized spacial score (nSPS) is 18.9. The summed E-state index contributed by atoms with van der Waals surface area (Å²) in [5.74, 6) is 0.895. The molecule has 6 heteroatoms. The van der Waals surface area contributed by atoms with Crippen molar-refractivity contribution in [3.8, 4) is 5.88 Å². The summed E-state index contributed by atoms with van der Waals surface area (Å²) >= 11 is 3.42. The molecule has 0 unspecified atom stereocenters. The van der Waals surface area contributed by atoms with Gasteiger partial charge >= 0.3 is 6.09 Å². The first kappa shape index (κ1) is 17.1. The van der Waals surface area contributed by atoms with Crippen molar-refractivity contribution in [1.82, 2.24) is 9.88 Å². The summed E-state index contributed by atoms with van der Waals surface area (Å²) in [6.45, 7) is 7.61. The minimum Gasteiger partial charge on any atom is -0.476 e. The maximum atomic E-state index is 12.1. The first-order chi connectivity index (χ1) is 10.3. The van der Waals surface area contributed by atoms with Crippen LogP contribution in [0.3, 0.4) is 0 Å². The monoisotopic (exact) mass is 370 g/mol. The lowest BCUT2D eigenvalue weighted by molar-refractivity contribution is 0.0138. The van der Waals surface area contributed by atoms with E-state index in [9.17, 15) is 4.79 Å². The largest absolute Gasteiger partial charge is 0.476 e. The highest BCUT2D eigenvalue weighted by atomic mass is 79.9. The van der Waals surface area contributed by atoms with Crippen molar-refractivity contribution >= 4 is 22.0 Å². The smallest absolute Gasteiger partial charge is 0.410 e. The highest BCUT2D eigenvalue weighted by molar-refractivity contribution is 9.10.